The van der Waals surface area contributed by atoms with Gasteiger partial charge >= 0.3 is 0 Å². The summed E-state index contributed by atoms with van der Waals surface area (Å²) in [6, 6.07) is 5.48. The van der Waals surface area contributed by atoms with Crippen molar-refractivity contribution in [1.82, 2.24) is 5.32 Å². The number of benzene rings is 1. The highest BCUT2D eigenvalue weighted by molar-refractivity contribution is 5.99. The minimum absolute atomic E-state index is 0.0756. The summed E-state index contributed by atoms with van der Waals surface area (Å²) in [5.74, 6) is 0.665. The molecule has 1 fully saturated rings. The van der Waals surface area contributed by atoms with Crippen LogP contribution in [0.15, 0.2) is 18.2 Å². The highest BCUT2D eigenvalue weighted by Crippen LogP contribution is 2.37. The Bertz CT molecular complexity index is 609. The van der Waals surface area contributed by atoms with E-state index in [-0.39, 0.29) is 17.7 Å². The lowest BCUT2D eigenvalue weighted by molar-refractivity contribution is -0.116. The third-order valence-corrected chi connectivity index (χ3v) is 5.10. The second-order valence-electron chi connectivity index (χ2n) is 8.19. The molecule has 4 heteroatoms. The first-order chi connectivity index (χ1) is 11.2. The van der Waals surface area contributed by atoms with Gasteiger partial charge in [-0.25, -0.2) is 0 Å². The minimum Gasteiger partial charge on any atom is -0.398 e. The van der Waals surface area contributed by atoms with Crippen molar-refractivity contribution in [2.24, 2.45) is 11.3 Å². The van der Waals surface area contributed by atoms with E-state index in [1.807, 2.05) is 6.07 Å². The molecule has 2 rings (SSSR count). The smallest absolute Gasteiger partial charge is 0.253 e. The lowest BCUT2D eigenvalue weighted by atomic mass is 9.71. The Morgan fingerprint density at radius 2 is 1.79 bits per heavy atom. The van der Waals surface area contributed by atoms with Gasteiger partial charge in [0.25, 0.3) is 5.91 Å². The van der Waals surface area contributed by atoms with Crippen LogP contribution in [0.1, 0.15) is 69.3 Å². The number of ketones is 1. The van der Waals surface area contributed by atoms with Gasteiger partial charge in [-0.1, -0.05) is 26.8 Å². The molecule has 3 N–H and O–H groups in total. The van der Waals surface area contributed by atoms with E-state index < -0.39 is 0 Å². The molecule has 4 nitrogen and oxygen atoms in total. The van der Waals surface area contributed by atoms with Crippen LogP contribution in [0.25, 0.3) is 0 Å². The zero-order valence-corrected chi connectivity index (χ0v) is 15.3. The molecule has 1 aliphatic carbocycles. The normalized spacial score (nSPS) is 21.3. The number of Topliss-reactive ketones (excluding diaryl/α,β-unsaturated/α-hetero) is 1. The summed E-state index contributed by atoms with van der Waals surface area (Å²) in [5.41, 5.74) is 8.06. The fraction of sp³-hybridized carbons (Fsp3) is 0.600. The largest absolute Gasteiger partial charge is 0.398 e. The minimum atomic E-state index is -0.128. The predicted molar refractivity (Wildman–Crippen MR) is 97.9 cm³/mol. The Hall–Kier alpha value is -1.84. The van der Waals surface area contributed by atoms with Gasteiger partial charge in [-0.15, -0.1) is 0 Å². The molecule has 1 aromatic rings. The van der Waals surface area contributed by atoms with Crippen LogP contribution in [0.2, 0.25) is 0 Å². The highest BCUT2D eigenvalue weighted by atomic mass is 16.1. The van der Waals surface area contributed by atoms with Crippen molar-refractivity contribution in [3.05, 3.63) is 29.3 Å². The second-order valence-corrected chi connectivity index (χ2v) is 8.19. The van der Waals surface area contributed by atoms with E-state index in [2.05, 4.69) is 26.1 Å². The van der Waals surface area contributed by atoms with Crippen molar-refractivity contribution in [3.8, 4) is 0 Å². The standard InChI is InChI=1S/C20H30N2O2/c1-13(23)11-14-5-10-18(21)17(12-14)19(24)22-16-8-6-15(7-9-16)20(2,3)4/h5,10,12,15-16H,6-9,11,21H2,1-4H3,(H,22,24). The van der Waals surface area contributed by atoms with Crippen LogP contribution in [0, 0.1) is 11.3 Å². The first-order valence-corrected chi connectivity index (χ1v) is 8.85. The van der Waals surface area contributed by atoms with Crippen LogP contribution >= 0.6 is 0 Å². The van der Waals surface area contributed by atoms with Gasteiger partial charge < -0.3 is 11.1 Å². The third-order valence-electron chi connectivity index (χ3n) is 5.10. The van der Waals surface area contributed by atoms with Crippen LogP contribution in [-0.4, -0.2) is 17.7 Å². The highest BCUT2D eigenvalue weighted by Gasteiger charge is 2.30. The molecule has 0 aromatic heterocycles. The first-order valence-electron chi connectivity index (χ1n) is 8.85. The maximum Gasteiger partial charge on any atom is 0.253 e. The molecule has 0 saturated heterocycles. The molecule has 132 valence electrons. The Kier molecular flexibility index (Phi) is 5.68. The Labute approximate surface area is 145 Å². The third kappa shape index (κ3) is 4.83. The van der Waals surface area contributed by atoms with E-state index in [4.69, 9.17) is 5.73 Å². The van der Waals surface area contributed by atoms with E-state index in [0.29, 0.717) is 23.1 Å². The number of hydrogen-bond donors (Lipinski definition) is 2. The molecule has 1 aromatic carbocycles. The zero-order valence-electron chi connectivity index (χ0n) is 15.3. The van der Waals surface area contributed by atoms with Crippen LogP contribution in [0.3, 0.4) is 0 Å². The number of amides is 1. The summed E-state index contributed by atoms with van der Waals surface area (Å²) in [7, 11) is 0. The molecule has 0 aliphatic heterocycles. The van der Waals surface area contributed by atoms with E-state index in [9.17, 15) is 9.59 Å². The molecule has 0 radical (unpaired) electrons. The van der Waals surface area contributed by atoms with Crippen molar-refractivity contribution in [2.75, 3.05) is 5.73 Å². The van der Waals surface area contributed by atoms with Gasteiger partial charge in [-0.3, -0.25) is 9.59 Å². The topological polar surface area (TPSA) is 72.2 Å². The Balaban J connectivity index is 1.99. The number of nitrogens with one attached hydrogen (secondary N) is 1. The summed E-state index contributed by atoms with van der Waals surface area (Å²) in [4.78, 5) is 23.9. The maximum absolute atomic E-state index is 12.6. The Morgan fingerprint density at radius 1 is 1.17 bits per heavy atom. The van der Waals surface area contributed by atoms with Crippen molar-refractivity contribution in [2.45, 2.75) is 65.8 Å². The van der Waals surface area contributed by atoms with Gasteiger partial charge in [-0.2, -0.15) is 0 Å². The SMILES string of the molecule is CC(=O)Cc1ccc(N)c(C(=O)NC2CCC(C(C)(C)C)CC2)c1. The van der Waals surface area contributed by atoms with E-state index in [0.717, 1.165) is 37.2 Å². The van der Waals surface area contributed by atoms with Crippen molar-refractivity contribution in [3.63, 3.8) is 0 Å². The number of nitrogens with two attached hydrogens (primary N) is 1. The second kappa shape index (κ2) is 7.37. The average molecular weight is 330 g/mol. The van der Waals surface area contributed by atoms with Gasteiger partial charge in [-0.05, 0) is 61.6 Å². The summed E-state index contributed by atoms with van der Waals surface area (Å²) in [6.07, 6.45) is 4.65. The number of carbonyl (C=O) groups excluding carboxylic acids is 2. The molecule has 1 aliphatic rings. The van der Waals surface area contributed by atoms with Gasteiger partial charge in [0, 0.05) is 18.2 Å². The molecule has 1 amide bonds. The number of anilines is 1. The van der Waals surface area contributed by atoms with E-state index >= 15 is 0 Å². The maximum atomic E-state index is 12.6. The first kappa shape index (κ1) is 18.5. The van der Waals surface area contributed by atoms with Gasteiger partial charge in [0.15, 0.2) is 0 Å². The van der Waals surface area contributed by atoms with Gasteiger partial charge in [0.2, 0.25) is 0 Å². The number of hydrogen-bond acceptors (Lipinski definition) is 3. The van der Waals surface area contributed by atoms with Crippen molar-refractivity contribution >= 4 is 17.4 Å². The zero-order chi connectivity index (χ0) is 17.9. The fourth-order valence-corrected chi connectivity index (χ4v) is 3.56. The number of nitrogen functional groups attached to an aromatic ring is 1. The molecule has 0 bridgehead atoms. The van der Waals surface area contributed by atoms with E-state index in [1.54, 1.807) is 19.1 Å². The van der Waals surface area contributed by atoms with Gasteiger partial charge in [0.1, 0.15) is 5.78 Å². The van der Waals surface area contributed by atoms with Crippen LogP contribution in [0.5, 0.6) is 0 Å². The van der Waals surface area contributed by atoms with Crippen molar-refractivity contribution in [1.29, 1.82) is 0 Å². The molecule has 0 atom stereocenters. The molecule has 0 spiro atoms. The fourth-order valence-electron chi connectivity index (χ4n) is 3.56. The molecule has 0 heterocycles. The Morgan fingerprint density at radius 3 is 2.33 bits per heavy atom. The van der Waals surface area contributed by atoms with Crippen LogP contribution in [-0.2, 0) is 11.2 Å². The lowest BCUT2D eigenvalue weighted by Crippen LogP contribution is -2.39. The summed E-state index contributed by atoms with van der Waals surface area (Å²) in [5, 5.41) is 3.12. The summed E-state index contributed by atoms with van der Waals surface area (Å²) in [6.45, 7) is 8.41. The van der Waals surface area contributed by atoms with Crippen LogP contribution < -0.4 is 11.1 Å². The van der Waals surface area contributed by atoms with Gasteiger partial charge in [0.05, 0.1) is 5.56 Å². The molecule has 24 heavy (non-hydrogen) atoms. The van der Waals surface area contributed by atoms with E-state index in [1.165, 1.54) is 0 Å². The average Bonchev–Trinajstić information content (AvgIpc) is 2.48. The summed E-state index contributed by atoms with van der Waals surface area (Å²) >= 11 is 0. The molecule has 0 unspecified atom stereocenters. The molecular formula is C20H30N2O2. The molecular weight excluding hydrogens is 300 g/mol. The van der Waals surface area contributed by atoms with Crippen molar-refractivity contribution < 1.29 is 9.59 Å². The number of rotatable bonds is 4. The number of carbonyl (C=O) groups is 2. The monoisotopic (exact) mass is 330 g/mol. The van der Waals surface area contributed by atoms with Crippen LogP contribution in [0.4, 0.5) is 5.69 Å². The molecule has 1 saturated carbocycles. The predicted octanol–water partition coefficient (Wildman–Crippen LogP) is 3.74. The quantitative estimate of drug-likeness (QED) is 0.826. The lowest BCUT2D eigenvalue weighted by Gasteiger charge is -2.37. The summed E-state index contributed by atoms with van der Waals surface area (Å²) < 4.78 is 0.